The Morgan fingerprint density at radius 3 is 2.50 bits per heavy atom. The monoisotopic (exact) mass is 157 g/mol. The molecule has 58 valence electrons. The number of amidine groups is 1. The first kappa shape index (κ1) is 7.10. The molecule has 1 heterocycles. The summed E-state index contributed by atoms with van der Waals surface area (Å²) in [7, 11) is 0. The highest BCUT2D eigenvalue weighted by Crippen LogP contribution is 2.11. The van der Waals surface area contributed by atoms with Gasteiger partial charge in [0.05, 0.1) is 0 Å². The second-order valence-electron chi connectivity index (χ2n) is 2.70. The van der Waals surface area contributed by atoms with Crippen molar-refractivity contribution in [1.82, 2.24) is 0 Å². The molecule has 0 spiro atoms. The predicted molar refractivity (Wildman–Crippen MR) is 50.4 cm³/mol. The maximum atomic E-state index is 4.27. The highest BCUT2D eigenvalue weighted by molar-refractivity contribution is 6.09. The summed E-state index contributed by atoms with van der Waals surface area (Å²) in [6.07, 6.45) is 1.78. The van der Waals surface area contributed by atoms with Gasteiger partial charge in [-0.05, 0) is 17.1 Å². The second-order valence-corrected chi connectivity index (χ2v) is 2.70. The number of aliphatic imine (C=N–C) groups is 2. The third-order valence-electron chi connectivity index (χ3n) is 1.69. The quantitative estimate of drug-likeness (QED) is 0.557. The fourth-order valence-corrected chi connectivity index (χ4v) is 1.11. The van der Waals surface area contributed by atoms with E-state index in [1.807, 2.05) is 37.3 Å². The molecular formula is C10H9N2+. The molecule has 0 amide bonds. The van der Waals surface area contributed by atoms with Crippen molar-refractivity contribution in [3.63, 3.8) is 0 Å². The summed E-state index contributed by atoms with van der Waals surface area (Å²) in [5.74, 6) is 0.813. The smallest absolute Gasteiger partial charge is 0.115 e. The summed E-state index contributed by atoms with van der Waals surface area (Å²) in [6, 6.07) is 10.9. The van der Waals surface area contributed by atoms with Gasteiger partial charge in [0.25, 0.3) is 0 Å². The summed E-state index contributed by atoms with van der Waals surface area (Å²) in [5.41, 5.74) is 1.07. The lowest BCUT2D eigenvalue weighted by Gasteiger charge is -1.86. The number of benzene rings is 1. The van der Waals surface area contributed by atoms with Gasteiger partial charge in [-0.15, -0.1) is 4.99 Å². The molecule has 0 aromatic heterocycles. The van der Waals surface area contributed by atoms with Gasteiger partial charge in [-0.3, -0.25) is 0 Å². The SMILES string of the molecule is C[C+]1C=NC(c2ccccc2)=N1. The molecule has 1 aromatic rings. The largest absolute Gasteiger partial charge is 0.303 e. The van der Waals surface area contributed by atoms with Crippen LogP contribution in [-0.2, 0) is 0 Å². The fourth-order valence-electron chi connectivity index (χ4n) is 1.11. The Morgan fingerprint density at radius 2 is 1.92 bits per heavy atom. The van der Waals surface area contributed by atoms with Crippen molar-refractivity contribution in [3.8, 4) is 0 Å². The van der Waals surface area contributed by atoms with Gasteiger partial charge < -0.3 is 0 Å². The van der Waals surface area contributed by atoms with Crippen LogP contribution in [0.15, 0.2) is 40.3 Å². The minimum absolute atomic E-state index is 0.813. The minimum Gasteiger partial charge on any atom is -0.115 e. The zero-order valence-electron chi connectivity index (χ0n) is 6.86. The van der Waals surface area contributed by atoms with Gasteiger partial charge in [0.1, 0.15) is 5.56 Å². The fraction of sp³-hybridized carbons (Fsp3) is 0.100. The maximum absolute atomic E-state index is 4.27. The number of nitrogens with zero attached hydrogens (tertiary/aromatic N) is 2. The van der Waals surface area contributed by atoms with Gasteiger partial charge in [0.15, 0.2) is 12.3 Å². The summed E-state index contributed by atoms with van der Waals surface area (Å²) < 4.78 is 0. The van der Waals surface area contributed by atoms with Crippen molar-refractivity contribution < 1.29 is 0 Å². The first-order valence-corrected chi connectivity index (χ1v) is 3.88. The van der Waals surface area contributed by atoms with Gasteiger partial charge in [0, 0.05) is 6.92 Å². The molecule has 0 atom stereocenters. The Balaban J connectivity index is 2.34. The first-order chi connectivity index (χ1) is 5.86. The van der Waals surface area contributed by atoms with Crippen molar-refractivity contribution in [2.45, 2.75) is 6.92 Å². The molecule has 1 aromatic carbocycles. The van der Waals surface area contributed by atoms with Crippen LogP contribution in [0.2, 0.25) is 0 Å². The van der Waals surface area contributed by atoms with Gasteiger partial charge in [0.2, 0.25) is 0 Å². The lowest BCUT2D eigenvalue weighted by Crippen LogP contribution is -1.92. The molecule has 0 fully saturated rings. The lowest BCUT2D eigenvalue weighted by molar-refractivity contribution is 1.23. The van der Waals surface area contributed by atoms with E-state index in [4.69, 9.17) is 0 Å². The van der Waals surface area contributed by atoms with Crippen LogP contribution in [0.25, 0.3) is 0 Å². The predicted octanol–water partition coefficient (Wildman–Crippen LogP) is 2.07. The zero-order valence-corrected chi connectivity index (χ0v) is 6.86. The van der Waals surface area contributed by atoms with Crippen molar-refractivity contribution in [1.29, 1.82) is 0 Å². The van der Waals surface area contributed by atoms with E-state index in [-0.39, 0.29) is 0 Å². The molecule has 1 aliphatic rings. The number of rotatable bonds is 1. The van der Waals surface area contributed by atoms with E-state index < -0.39 is 0 Å². The number of hydrogen-bond acceptors (Lipinski definition) is 2. The van der Waals surface area contributed by atoms with E-state index in [2.05, 4.69) is 9.98 Å². The van der Waals surface area contributed by atoms with Crippen LogP contribution < -0.4 is 0 Å². The Labute approximate surface area is 71.7 Å². The van der Waals surface area contributed by atoms with Gasteiger partial charge in [-0.2, -0.15) is 0 Å². The van der Waals surface area contributed by atoms with Crippen molar-refractivity contribution in [3.05, 3.63) is 41.9 Å². The summed E-state index contributed by atoms with van der Waals surface area (Å²) in [4.78, 5) is 8.44. The highest BCUT2D eigenvalue weighted by Gasteiger charge is 2.20. The number of hydrogen-bond donors (Lipinski definition) is 0. The van der Waals surface area contributed by atoms with Gasteiger partial charge in [-0.1, -0.05) is 18.2 Å². The minimum atomic E-state index is 0.813. The van der Waals surface area contributed by atoms with Crippen molar-refractivity contribution >= 4 is 12.1 Å². The normalized spacial score (nSPS) is 15.1. The van der Waals surface area contributed by atoms with E-state index >= 15 is 0 Å². The van der Waals surface area contributed by atoms with Gasteiger partial charge >= 0.3 is 5.84 Å². The summed E-state index contributed by atoms with van der Waals surface area (Å²) in [5, 5.41) is 0. The van der Waals surface area contributed by atoms with Crippen LogP contribution in [0.1, 0.15) is 12.5 Å². The van der Waals surface area contributed by atoms with E-state index in [1.165, 1.54) is 0 Å². The Hall–Kier alpha value is -1.57. The molecule has 0 unspecified atom stereocenters. The second kappa shape index (κ2) is 2.81. The molecule has 12 heavy (non-hydrogen) atoms. The topological polar surface area (TPSA) is 24.7 Å². The summed E-state index contributed by atoms with van der Waals surface area (Å²) in [6.45, 7) is 1.94. The third kappa shape index (κ3) is 1.23. The average Bonchev–Trinajstić information content (AvgIpc) is 2.54. The van der Waals surface area contributed by atoms with Crippen molar-refractivity contribution in [2.24, 2.45) is 9.98 Å². The lowest BCUT2D eigenvalue weighted by atomic mass is 10.2. The maximum Gasteiger partial charge on any atom is 0.303 e. The van der Waals surface area contributed by atoms with Gasteiger partial charge in [-0.25, -0.2) is 0 Å². The Kier molecular flexibility index (Phi) is 1.67. The molecule has 0 aliphatic carbocycles. The molecule has 0 saturated carbocycles. The van der Waals surface area contributed by atoms with Crippen LogP contribution in [0.5, 0.6) is 0 Å². The average molecular weight is 157 g/mol. The molecule has 0 bridgehead atoms. The molecule has 0 saturated heterocycles. The molecule has 2 rings (SSSR count). The van der Waals surface area contributed by atoms with Crippen LogP contribution in [0.4, 0.5) is 0 Å². The Bertz CT molecular complexity index is 325. The van der Waals surface area contributed by atoms with Crippen LogP contribution in [0.3, 0.4) is 0 Å². The molecule has 0 N–H and O–H groups in total. The van der Waals surface area contributed by atoms with E-state index in [0.717, 1.165) is 17.4 Å². The molecular weight excluding hydrogens is 148 g/mol. The third-order valence-corrected chi connectivity index (χ3v) is 1.69. The standard InChI is InChI=1S/C10H9N2/c1-8-7-11-10(12-8)9-5-3-2-4-6-9/h2-7H,1H3/q+1. The molecule has 2 nitrogen and oxygen atoms in total. The van der Waals surface area contributed by atoms with Crippen LogP contribution >= 0.6 is 0 Å². The molecule has 1 aliphatic heterocycles. The molecule has 0 radical (unpaired) electrons. The van der Waals surface area contributed by atoms with E-state index in [1.54, 1.807) is 6.21 Å². The zero-order chi connectivity index (χ0) is 8.39. The van der Waals surface area contributed by atoms with E-state index in [0.29, 0.717) is 0 Å². The first-order valence-electron chi connectivity index (χ1n) is 3.88. The van der Waals surface area contributed by atoms with Crippen LogP contribution in [-0.4, -0.2) is 12.1 Å². The van der Waals surface area contributed by atoms with Crippen molar-refractivity contribution in [2.75, 3.05) is 0 Å². The van der Waals surface area contributed by atoms with E-state index in [9.17, 15) is 0 Å². The molecule has 2 heteroatoms. The summed E-state index contributed by atoms with van der Waals surface area (Å²) >= 11 is 0. The van der Waals surface area contributed by atoms with Crippen LogP contribution in [0, 0.1) is 6.04 Å². The highest BCUT2D eigenvalue weighted by atomic mass is 15.0. The Morgan fingerprint density at radius 1 is 1.17 bits per heavy atom.